The average molecular weight is 238 g/mol. The van der Waals surface area contributed by atoms with Crippen LogP contribution in [0.3, 0.4) is 0 Å². The summed E-state index contributed by atoms with van der Waals surface area (Å²) in [6, 6.07) is 13.8. The van der Waals surface area contributed by atoms with Crippen molar-refractivity contribution in [3.05, 3.63) is 42.5 Å². The molecule has 0 fully saturated rings. The number of nitrogen functional groups attached to an aromatic ring is 1. The van der Waals surface area contributed by atoms with Crippen LogP contribution in [0.1, 0.15) is 0 Å². The van der Waals surface area contributed by atoms with E-state index in [0.29, 0.717) is 0 Å². The van der Waals surface area contributed by atoms with Crippen molar-refractivity contribution in [3.63, 3.8) is 0 Å². The fourth-order valence-electron chi connectivity index (χ4n) is 2.01. The minimum absolute atomic E-state index is 0.734. The quantitative estimate of drug-likeness (QED) is 0.601. The van der Waals surface area contributed by atoms with Crippen molar-refractivity contribution >= 4 is 22.4 Å². The third-order valence-electron chi connectivity index (χ3n) is 2.99. The summed E-state index contributed by atoms with van der Waals surface area (Å²) < 4.78 is 0. The molecule has 3 rings (SSSR count). The number of H-pyrrole nitrogens is 1. The van der Waals surface area contributed by atoms with Crippen LogP contribution in [0, 0.1) is 0 Å². The highest BCUT2D eigenvalue weighted by Crippen LogP contribution is 2.26. The van der Waals surface area contributed by atoms with Gasteiger partial charge in [0.2, 0.25) is 0 Å². The number of benzene rings is 2. The van der Waals surface area contributed by atoms with E-state index in [1.165, 1.54) is 0 Å². The third kappa shape index (κ3) is 1.68. The lowest BCUT2D eigenvalue weighted by Gasteiger charge is -2.06. The Morgan fingerprint density at radius 2 is 2.00 bits per heavy atom. The first-order valence-corrected chi connectivity index (χ1v) is 5.80. The number of rotatable bonds is 2. The number of hydrogen-bond acceptors (Lipinski definition) is 3. The van der Waals surface area contributed by atoms with Gasteiger partial charge in [-0.25, -0.2) is 4.98 Å². The Bertz CT molecular complexity index is 667. The van der Waals surface area contributed by atoms with E-state index in [0.717, 1.165) is 33.8 Å². The third-order valence-corrected chi connectivity index (χ3v) is 2.99. The second-order valence-electron chi connectivity index (χ2n) is 4.15. The summed E-state index contributed by atoms with van der Waals surface area (Å²) in [5.41, 5.74) is 10.5. The number of anilines is 2. The van der Waals surface area contributed by atoms with Crippen molar-refractivity contribution < 1.29 is 0 Å². The molecule has 0 atom stereocenters. The van der Waals surface area contributed by atoms with Gasteiger partial charge in [-0.05, 0) is 30.3 Å². The van der Waals surface area contributed by atoms with E-state index >= 15 is 0 Å². The summed E-state index contributed by atoms with van der Waals surface area (Å²) in [5.74, 6) is 0.854. The van der Waals surface area contributed by atoms with E-state index in [9.17, 15) is 0 Å². The summed E-state index contributed by atoms with van der Waals surface area (Å²) in [7, 11) is 1.86. The van der Waals surface area contributed by atoms with Gasteiger partial charge in [-0.3, -0.25) is 0 Å². The predicted molar refractivity (Wildman–Crippen MR) is 75.5 cm³/mol. The fraction of sp³-hybridized carbons (Fsp3) is 0.0714. The lowest BCUT2D eigenvalue weighted by atomic mass is 10.1. The second-order valence-corrected chi connectivity index (χ2v) is 4.15. The van der Waals surface area contributed by atoms with Gasteiger partial charge in [-0.2, -0.15) is 0 Å². The monoisotopic (exact) mass is 238 g/mol. The first-order valence-electron chi connectivity index (χ1n) is 5.80. The smallest absolute Gasteiger partial charge is 0.138 e. The summed E-state index contributed by atoms with van der Waals surface area (Å²) in [5, 5.41) is 3.07. The van der Waals surface area contributed by atoms with Crippen LogP contribution >= 0.6 is 0 Å². The van der Waals surface area contributed by atoms with E-state index < -0.39 is 0 Å². The molecule has 0 aliphatic carbocycles. The Hall–Kier alpha value is -2.49. The van der Waals surface area contributed by atoms with Gasteiger partial charge in [0.15, 0.2) is 0 Å². The number of para-hydroxylation sites is 2. The first kappa shape index (κ1) is 10.7. The topological polar surface area (TPSA) is 66.7 Å². The maximum absolute atomic E-state index is 5.86. The van der Waals surface area contributed by atoms with Crippen LogP contribution in [0.4, 0.5) is 11.4 Å². The molecular formula is C14H14N4. The summed E-state index contributed by atoms with van der Waals surface area (Å²) in [6.45, 7) is 0. The molecule has 0 saturated carbocycles. The number of hydrogen-bond donors (Lipinski definition) is 3. The molecule has 1 heterocycles. The Morgan fingerprint density at radius 3 is 2.78 bits per heavy atom. The zero-order chi connectivity index (χ0) is 12.5. The van der Waals surface area contributed by atoms with Gasteiger partial charge < -0.3 is 16.0 Å². The largest absolute Gasteiger partial charge is 0.397 e. The second kappa shape index (κ2) is 4.07. The number of fused-ring (bicyclic) bond motifs is 1. The van der Waals surface area contributed by atoms with Crippen LogP contribution in [0.2, 0.25) is 0 Å². The Morgan fingerprint density at radius 1 is 1.17 bits per heavy atom. The Balaban J connectivity index is 2.13. The van der Waals surface area contributed by atoms with Crippen LogP contribution in [-0.2, 0) is 0 Å². The number of aromatic amines is 1. The van der Waals surface area contributed by atoms with Crippen LogP contribution < -0.4 is 11.1 Å². The first-order chi connectivity index (χ1) is 8.78. The minimum atomic E-state index is 0.734. The molecule has 0 radical (unpaired) electrons. The van der Waals surface area contributed by atoms with Crippen molar-refractivity contribution in [3.8, 4) is 11.4 Å². The van der Waals surface area contributed by atoms with E-state index in [2.05, 4.69) is 15.3 Å². The van der Waals surface area contributed by atoms with Crippen molar-refractivity contribution in [1.29, 1.82) is 0 Å². The molecule has 3 aromatic rings. The van der Waals surface area contributed by atoms with Gasteiger partial charge >= 0.3 is 0 Å². The minimum Gasteiger partial charge on any atom is -0.397 e. The molecule has 0 aliphatic heterocycles. The van der Waals surface area contributed by atoms with Crippen molar-refractivity contribution in [2.75, 3.05) is 18.1 Å². The normalized spacial score (nSPS) is 10.7. The molecule has 2 aromatic carbocycles. The lowest BCUT2D eigenvalue weighted by Crippen LogP contribution is -1.95. The fourth-order valence-corrected chi connectivity index (χ4v) is 2.01. The Labute approximate surface area is 105 Å². The number of aromatic nitrogens is 2. The van der Waals surface area contributed by atoms with E-state index in [1.807, 2.05) is 49.5 Å². The summed E-state index contributed by atoms with van der Waals surface area (Å²) >= 11 is 0. The van der Waals surface area contributed by atoms with Gasteiger partial charge in [0.25, 0.3) is 0 Å². The lowest BCUT2D eigenvalue weighted by molar-refractivity contribution is 1.33. The van der Waals surface area contributed by atoms with Gasteiger partial charge in [0, 0.05) is 12.6 Å². The SMILES string of the molecule is CNc1cc(-c2nc3ccccc3[nH]2)ccc1N. The van der Waals surface area contributed by atoms with E-state index in [-0.39, 0.29) is 0 Å². The number of nitrogens with one attached hydrogen (secondary N) is 2. The Kier molecular flexibility index (Phi) is 2.41. The molecule has 4 N–H and O–H groups in total. The van der Waals surface area contributed by atoms with Crippen LogP contribution in [0.5, 0.6) is 0 Å². The molecule has 1 aromatic heterocycles. The molecule has 0 bridgehead atoms. The molecule has 0 aliphatic rings. The molecule has 0 amide bonds. The standard InChI is InChI=1S/C14H14N4/c1-16-13-8-9(6-7-10(13)15)14-17-11-4-2-3-5-12(11)18-14/h2-8,16H,15H2,1H3,(H,17,18). The highest BCUT2D eigenvalue weighted by molar-refractivity contribution is 5.81. The van der Waals surface area contributed by atoms with Crippen LogP contribution in [-0.4, -0.2) is 17.0 Å². The van der Waals surface area contributed by atoms with Crippen molar-refractivity contribution in [2.45, 2.75) is 0 Å². The molecule has 4 heteroatoms. The van der Waals surface area contributed by atoms with Crippen LogP contribution in [0.15, 0.2) is 42.5 Å². The average Bonchev–Trinajstić information content (AvgIpc) is 2.83. The molecule has 0 spiro atoms. The molecule has 18 heavy (non-hydrogen) atoms. The van der Waals surface area contributed by atoms with Gasteiger partial charge in [0.05, 0.1) is 22.4 Å². The van der Waals surface area contributed by atoms with Gasteiger partial charge in [0.1, 0.15) is 5.82 Å². The van der Waals surface area contributed by atoms with Crippen LogP contribution in [0.25, 0.3) is 22.4 Å². The highest BCUT2D eigenvalue weighted by Gasteiger charge is 2.06. The molecule has 0 saturated heterocycles. The zero-order valence-corrected chi connectivity index (χ0v) is 10.1. The molecule has 4 nitrogen and oxygen atoms in total. The van der Waals surface area contributed by atoms with Gasteiger partial charge in [-0.15, -0.1) is 0 Å². The molecule has 90 valence electrons. The number of nitrogens with two attached hydrogens (primary N) is 1. The maximum Gasteiger partial charge on any atom is 0.138 e. The van der Waals surface area contributed by atoms with Crippen molar-refractivity contribution in [1.82, 2.24) is 9.97 Å². The highest BCUT2D eigenvalue weighted by atomic mass is 14.9. The maximum atomic E-state index is 5.86. The van der Waals surface area contributed by atoms with Crippen molar-refractivity contribution in [2.24, 2.45) is 0 Å². The number of imidazole rings is 1. The number of nitrogens with zero attached hydrogens (tertiary/aromatic N) is 1. The van der Waals surface area contributed by atoms with E-state index in [4.69, 9.17) is 5.73 Å². The van der Waals surface area contributed by atoms with E-state index in [1.54, 1.807) is 0 Å². The summed E-state index contributed by atoms with van der Waals surface area (Å²) in [4.78, 5) is 7.87. The predicted octanol–water partition coefficient (Wildman–Crippen LogP) is 2.85. The molecule has 0 unspecified atom stereocenters. The summed E-state index contributed by atoms with van der Waals surface area (Å²) in [6.07, 6.45) is 0. The van der Waals surface area contributed by atoms with Gasteiger partial charge in [-0.1, -0.05) is 12.1 Å². The molecular weight excluding hydrogens is 224 g/mol. The zero-order valence-electron chi connectivity index (χ0n) is 10.1.